The Morgan fingerprint density at radius 2 is 2.33 bits per heavy atom. The van der Waals surface area contributed by atoms with Crippen molar-refractivity contribution in [1.82, 2.24) is 5.32 Å². The molecule has 1 aliphatic rings. The fourth-order valence-corrected chi connectivity index (χ4v) is 0.697. The summed E-state index contributed by atoms with van der Waals surface area (Å²) in [4.78, 5) is 0. The third-order valence-corrected chi connectivity index (χ3v) is 1.51. The first-order valence-electron chi connectivity index (χ1n) is 2.61. The molecule has 0 radical (unpaired) electrons. The van der Waals surface area contributed by atoms with Crippen molar-refractivity contribution in [2.45, 2.75) is 25.3 Å². The summed E-state index contributed by atoms with van der Waals surface area (Å²) in [5.74, 6) is 0. The molecule has 0 aromatic carbocycles. The summed E-state index contributed by atoms with van der Waals surface area (Å²) in [5, 5.41) is 3.20. The van der Waals surface area contributed by atoms with Crippen LogP contribution in [0.1, 0.15) is 20.7 Å². The van der Waals surface area contributed by atoms with Crippen molar-refractivity contribution in [1.29, 1.82) is 0 Å². The van der Waals surface area contributed by atoms with E-state index in [0.29, 0.717) is 0 Å². The third-order valence-electron chi connectivity index (χ3n) is 1.51. The summed E-state index contributed by atoms with van der Waals surface area (Å²) in [6, 6.07) is 0.866. The van der Waals surface area contributed by atoms with Crippen LogP contribution in [0.3, 0.4) is 0 Å². The molecule has 0 aromatic heterocycles. The van der Waals surface area contributed by atoms with Gasteiger partial charge in [-0.05, 0) is 19.9 Å². The van der Waals surface area contributed by atoms with Gasteiger partial charge < -0.3 is 5.32 Å². The highest BCUT2D eigenvalue weighted by Gasteiger charge is 2.13. The van der Waals surface area contributed by atoms with E-state index < -0.39 is 0 Å². The molecule has 0 atom stereocenters. The highest BCUT2D eigenvalue weighted by molar-refractivity contribution is 4.73. The molecule has 1 heteroatoms. The summed E-state index contributed by atoms with van der Waals surface area (Å²) < 4.78 is 0. The second kappa shape index (κ2) is 1.61. The maximum atomic E-state index is 3.20. The van der Waals surface area contributed by atoms with Gasteiger partial charge in [0, 0.05) is 7.47 Å². The molecule has 38 valence electrons. The van der Waals surface area contributed by atoms with Gasteiger partial charge in [0.25, 0.3) is 0 Å². The Balaban J connectivity index is 0.000000360. The molecule has 1 fully saturated rings. The molecular weight excluding hydrogens is 74.1 g/mol. The molecule has 0 heterocycles. The summed E-state index contributed by atoms with van der Waals surface area (Å²) in [5.41, 5.74) is 0. The topological polar surface area (TPSA) is 12.0 Å². The van der Waals surface area contributed by atoms with Gasteiger partial charge in [0.15, 0.2) is 0 Å². The van der Waals surface area contributed by atoms with Gasteiger partial charge in [-0.1, -0.05) is 6.42 Å². The van der Waals surface area contributed by atoms with E-state index in [1.54, 1.807) is 0 Å². The Morgan fingerprint density at radius 1 is 1.67 bits per heavy atom. The molecule has 1 rings (SSSR count). The molecule has 1 N–H and O–H groups in total. The van der Waals surface area contributed by atoms with Crippen LogP contribution in [-0.2, 0) is 0 Å². The first-order valence-corrected chi connectivity index (χ1v) is 2.61. The normalized spacial score (nSPS) is 23.5. The van der Waals surface area contributed by atoms with Crippen LogP contribution in [0, 0.1) is 0 Å². The third kappa shape index (κ3) is 0.548. The van der Waals surface area contributed by atoms with E-state index in [-0.39, 0.29) is 1.43 Å². The second-order valence-electron chi connectivity index (χ2n) is 1.92. The average Bonchev–Trinajstić information content (AvgIpc) is 1.31. The zero-order valence-corrected chi connectivity index (χ0v) is 4.20. The van der Waals surface area contributed by atoms with Gasteiger partial charge in [-0.3, -0.25) is 0 Å². The van der Waals surface area contributed by atoms with Crippen molar-refractivity contribution in [3.05, 3.63) is 0 Å². The predicted octanol–water partition coefficient (Wildman–Crippen LogP) is 1.00. The average molecular weight is 87.2 g/mol. The maximum absolute atomic E-state index is 3.20. The Morgan fingerprint density at radius 3 is 2.33 bits per heavy atom. The summed E-state index contributed by atoms with van der Waals surface area (Å²) in [6.07, 6.45) is 4.23. The number of hydrogen-bond acceptors (Lipinski definition) is 1. The van der Waals surface area contributed by atoms with Gasteiger partial charge in [-0.2, -0.15) is 0 Å². The molecule has 0 amide bonds. The van der Waals surface area contributed by atoms with Gasteiger partial charge in [0.1, 0.15) is 0 Å². The monoisotopic (exact) mass is 87.1 g/mol. The first kappa shape index (κ1) is 4.13. The minimum atomic E-state index is 0. The fourth-order valence-electron chi connectivity index (χ4n) is 0.697. The molecule has 0 aromatic rings. The Labute approximate surface area is 40.2 Å². The summed E-state index contributed by atoms with van der Waals surface area (Å²) >= 11 is 0. The van der Waals surface area contributed by atoms with Gasteiger partial charge in [-0.25, -0.2) is 0 Å². The van der Waals surface area contributed by atoms with E-state index in [1.807, 2.05) is 7.05 Å². The molecule has 0 spiro atoms. The Kier molecular flexibility index (Phi) is 1.10. The quantitative estimate of drug-likeness (QED) is 0.503. The first-order chi connectivity index (χ1) is 2.93. The van der Waals surface area contributed by atoms with Gasteiger partial charge >= 0.3 is 0 Å². The van der Waals surface area contributed by atoms with Crippen LogP contribution in [0.15, 0.2) is 0 Å². The zero-order chi connectivity index (χ0) is 4.41. The Hall–Kier alpha value is -0.0400. The lowest BCUT2D eigenvalue weighted by Gasteiger charge is -2.23. The van der Waals surface area contributed by atoms with Crippen molar-refractivity contribution in [3.8, 4) is 0 Å². The standard InChI is InChI=1S/C5H11N.H2/c1-6-5-3-2-4-5;/h5-6H,2-4H2,1H3;1H. The van der Waals surface area contributed by atoms with E-state index in [2.05, 4.69) is 5.32 Å². The SMILES string of the molecule is CNC1CCC1.[HH]. The van der Waals surface area contributed by atoms with Crippen molar-refractivity contribution >= 4 is 0 Å². The van der Waals surface area contributed by atoms with E-state index >= 15 is 0 Å². The largest absolute Gasteiger partial charge is 0.317 e. The van der Waals surface area contributed by atoms with Crippen LogP contribution in [0.5, 0.6) is 0 Å². The van der Waals surface area contributed by atoms with Crippen LogP contribution in [0.4, 0.5) is 0 Å². The molecule has 1 nitrogen and oxygen atoms in total. The smallest absolute Gasteiger partial charge is 0.00640 e. The van der Waals surface area contributed by atoms with Crippen molar-refractivity contribution in [2.24, 2.45) is 0 Å². The minimum absolute atomic E-state index is 0. The summed E-state index contributed by atoms with van der Waals surface area (Å²) in [7, 11) is 2.03. The molecule has 0 unspecified atom stereocenters. The van der Waals surface area contributed by atoms with Gasteiger partial charge in [0.05, 0.1) is 0 Å². The number of nitrogens with one attached hydrogen (secondary N) is 1. The number of hydrogen-bond donors (Lipinski definition) is 1. The van der Waals surface area contributed by atoms with Crippen molar-refractivity contribution < 1.29 is 1.43 Å². The number of rotatable bonds is 1. The highest BCUT2D eigenvalue weighted by Crippen LogP contribution is 2.16. The molecular formula is C5H13N. The molecule has 6 heavy (non-hydrogen) atoms. The molecule has 0 bridgehead atoms. The van der Waals surface area contributed by atoms with Crippen LogP contribution < -0.4 is 5.32 Å². The lowest BCUT2D eigenvalue weighted by molar-refractivity contribution is 0.361. The lowest BCUT2D eigenvalue weighted by Crippen LogP contribution is -2.31. The second-order valence-corrected chi connectivity index (χ2v) is 1.92. The van der Waals surface area contributed by atoms with Crippen molar-refractivity contribution in [3.63, 3.8) is 0 Å². The minimum Gasteiger partial charge on any atom is -0.317 e. The van der Waals surface area contributed by atoms with Crippen LogP contribution in [0.2, 0.25) is 0 Å². The van der Waals surface area contributed by atoms with Gasteiger partial charge in [0.2, 0.25) is 0 Å². The fraction of sp³-hybridized carbons (Fsp3) is 1.00. The Bertz CT molecular complexity index is 40.6. The highest BCUT2D eigenvalue weighted by atomic mass is 14.9. The summed E-state index contributed by atoms with van der Waals surface area (Å²) in [6.45, 7) is 0. The zero-order valence-electron chi connectivity index (χ0n) is 4.20. The van der Waals surface area contributed by atoms with E-state index in [9.17, 15) is 0 Å². The van der Waals surface area contributed by atoms with Crippen molar-refractivity contribution in [2.75, 3.05) is 7.05 Å². The van der Waals surface area contributed by atoms with Crippen LogP contribution in [0.25, 0.3) is 0 Å². The van der Waals surface area contributed by atoms with E-state index in [0.717, 1.165) is 6.04 Å². The predicted molar refractivity (Wildman–Crippen MR) is 28.8 cm³/mol. The van der Waals surface area contributed by atoms with E-state index in [1.165, 1.54) is 19.3 Å². The molecule has 0 aliphatic heterocycles. The molecule has 1 aliphatic carbocycles. The maximum Gasteiger partial charge on any atom is 0.00640 e. The van der Waals surface area contributed by atoms with Crippen LogP contribution in [-0.4, -0.2) is 13.1 Å². The lowest BCUT2D eigenvalue weighted by atomic mass is 9.94. The molecule has 1 saturated carbocycles. The van der Waals surface area contributed by atoms with Crippen LogP contribution >= 0.6 is 0 Å². The van der Waals surface area contributed by atoms with Gasteiger partial charge in [-0.15, -0.1) is 0 Å². The van der Waals surface area contributed by atoms with E-state index in [4.69, 9.17) is 0 Å². The molecule has 0 saturated heterocycles.